The Bertz CT molecular complexity index is 448. The van der Waals surface area contributed by atoms with E-state index < -0.39 is 5.41 Å². The second-order valence-corrected chi connectivity index (χ2v) is 7.14. The summed E-state index contributed by atoms with van der Waals surface area (Å²) < 4.78 is 0. The van der Waals surface area contributed by atoms with Gasteiger partial charge in [-0.3, -0.25) is 4.79 Å². The van der Waals surface area contributed by atoms with Gasteiger partial charge in [-0.1, -0.05) is 20.8 Å². The summed E-state index contributed by atoms with van der Waals surface area (Å²) in [6.07, 6.45) is 2.55. The van der Waals surface area contributed by atoms with Crippen LogP contribution in [0.2, 0.25) is 0 Å². The average molecular weight is 236 g/mol. The van der Waals surface area contributed by atoms with E-state index in [2.05, 4.69) is 20.8 Å². The van der Waals surface area contributed by atoms with Crippen LogP contribution in [0.5, 0.6) is 0 Å². The zero-order valence-corrected chi connectivity index (χ0v) is 10.7. The lowest BCUT2D eigenvalue weighted by Crippen LogP contribution is -2.36. The number of Topliss-reactive ketones (excluding diaryl/α,β-unsaturated/α-hetero) is 1. The number of aliphatic hydroxyl groups excluding tert-OH is 2. The highest BCUT2D eigenvalue weighted by Gasteiger charge is 2.75. The van der Waals surface area contributed by atoms with Gasteiger partial charge in [0.25, 0.3) is 0 Å². The van der Waals surface area contributed by atoms with Gasteiger partial charge >= 0.3 is 0 Å². The molecule has 0 spiro atoms. The van der Waals surface area contributed by atoms with Gasteiger partial charge < -0.3 is 10.2 Å². The number of rotatable bonds is 1. The average Bonchev–Trinajstić information content (AvgIpc) is 2.75. The van der Waals surface area contributed by atoms with Crippen LogP contribution in [0.25, 0.3) is 0 Å². The smallest absolute Gasteiger partial charge is 0.206 e. The first-order chi connectivity index (χ1) is 7.77. The highest BCUT2D eigenvalue weighted by Crippen LogP contribution is 2.75. The maximum absolute atomic E-state index is 12.2. The number of carbonyl (C=O) groups is 1. The van der Waals surface area contributed by atoms with Gasteiger partial charge in [0.1, 0.15) is 0 Å². The Balaban J connectivity index is 2.12. The van der Waals surface area contributed by atoms with Gasteiger partial charge in [-0.25, -0.2) is 0 Å². The third-order valence-electron chi connectivity index (χ3n) is 5.48. The number of aliphatic hydroxyl groups is 2. The standard InChI is InChI=1S/C14H20O3/c1-12(2)4-8-9(5-12)13(3)6-14(13,7-15)11(17)10(8)16/h9,15-16H,4-7H2,1-3H3/t9-,13-,14-/m1/s1. The molecule has 94 valence electrons. The normalized spacial score (nSPS) is 46.8. The molecule has 0 aromatic carbocycles. The largest absolute Gasteiger partial charge is 0.504 e. The van der Waals surface area contributed by atoms with Gasteiger partial charge in [-0.2, -0.15) is 0 Å². The molecule has 0 saturated heterocycles. The molecule has 17 heavy (non-hydrogen) atoms. The van der Waals surface area contributed by atoms with Crippen LogP contribution < -0.4 is 0 Å². The van der Waals surface area contributed by atoms with Crippen molar-refractivity contribution in [3.8, 4) is 0 Å². The van der Waals surface area contributed by atoms with Crippen molar-refractivity contribution in [2.24, 2.45) is 22.2 Å². The Labute approximate surface area is 102 Å². The molecule has 0 bridgehead atoms. The van der Waals surface area contributed by atoms with E-state index in [-0.39, 0.29) is 34.9 Å². The molecule has 0 radical (unpaired) electrons. The lowest BCUT2D eigenvalue weighted by molar-refractivity contribution is -0.127. The van der Waals surface area contributed by atoms with Gasteiger partial charge in [-0.15, -0.1) is 0 Å². The van der Waals surface area contributed by atoms with E-state index in [1.54, 1.807) is 0 Å². The van der Waals surface area contributed by atoms with E-state index in [0.29, 0.717) is 0 Å². The molecular formula is C14H20O3. The lowest BCUT2D eigenvalue weighted by Gasteiger charge is -2.31. The Kier molecular flexibility index (Phi) is 1.84. The molecule has 2 saturated carbocycles. The molecule has 3 heteroatoms. The maximum atomic E-state index is 12.2. The molecule has 3 atom stereocenters. The summed E-state index contributed by atoms with van der Waals surface area (Å²) in [5.41, 5.74) is 0.315. The monoisotopic (exact) mass is 236 g/mol. The number of ketones is 1. The predicted molar refractivity (Wildman–Crippen MR) is 63.4 cm³/mol. The molecule has 3 rings (SSSR count). The second-order valence-electron chi connectivity index (χ2n) is 7.14. The van der Waals surface area contributed by atoms with Crippen LogP contribution in [0, 0.1) is 22.2 Å². The summed E-state index contributed by atoms with van der Waals surface area (Å²) in [4.78, 5) is 12.2. The van der Waals surface area contributed by atoms with Gasteiger partial charge in [-0.05, 0) is 41.6 Å². The predicted octanol–water partition coefficient (Wildman–Crippen LogP) is 2.21. The lowest BCUT2D eigenvalue weighted by atomic mass is 9.72. The Morgan fingerprint density at radius 1 is 1.35 bits per heavy atom. The van der Waals surface area contributed by atoms with Crippen LogP contribution in [0.4, 0.5) is 0 Å². The quantitative estimate of drug-likeness (QED) is 0.734. The molecule has 0 amide bonds. The summed E-state index contributed by atoms with van der Waals surface area (Å²) in [5.74, 6) is 0.0263. The number of hydrogen-bond donors (Lipinski definition) is 2. The molecule has 2 fully saturated rings. The van der Waals surface area contributed by atoms with Crippen LogP contribution in [0.1, 0.15) is 40.0 Å². The SMILES string of the molecule is CC1(C)CC2=C(O)C(=O)[C@]3(CO)C[C@]3(C)[C@@H]2C1. The topological polar surface area (TPSA) is 57.5 Å². The highest BCUT2D eigenvalue weighted by atomic mass is 16.3. The van der Waals surface area contributed by atoms with Crippen LogP contribution >= 0.6 is 0 Å². The zero-order chi connectivity index (χ0) is 12.6. The van der Waals surface area contributed by atoms with Gasteiger partial charge in [0, 0.05) is 0 Å². The van der Waals surface area contributed by atoms with E-state index >= 15 is 0 Å². The third kappa shape index (κ3) is 1.09. The number of fused-ring (bicyclic) bond motifs is 3. The second kappa shape index (κ2) is 2.77. The van der Waals surface area contributed by atoms with Crippen LogP contribution in [-0.4, -0.2) is 22.6 Å². The van der Waals surface area contributed by atoms with Crippen molar-refractivity contribution in [3.63, 3.8) is 0 Å². The summed E-state index contributed by atoms with van der Waals surface area (Å²) in [5, 5.41) is 19.6. The van der Waals surface area contributed by atoms with Gasteiger partial charge in [0.05, 0.1) is 12.0 Å². The first-order valence-corrected chi connectivity index (χ1v) is 6.35. The minimum absolute atomic E-state index is 0.0374. The molecule has 3 aliphatic carbocycles. The number of allylic oxidation sites excluding steroid dienone is 2. The number of carbonyl (C=O) groups excluding carboxylic acids is 1. The first-order valence-electron chi connectivity index (χ1n) is 6.35. The molecule has 0 aromatic heterocycles. The molecule has 3 nitrogen and oxygen atoms in total. The van der Waals surface area contributed by atoms with E-state index in [0.717, 1.165) is 24.8 Å². The van der Waals surface area contributed by atoms with Crippen molar-refractivity contribution >= 4 is 5.78 Å². The maximum Gasteiger partial charge on any atom is 0.206 e. The van der Waals surface area contributed by atoms with Crippen molar-refractivity contribution < 1.29 is 15.0 Å². The minimum Gasteiger partial charge on any atom is -0.504 e. The molecule has 0 aromatic rings. The fourth-order valence-electron chi connectivity index (χ4n) is 4.31. The van der Waals surface area contributed by atoms with Crippen LogP contribution in [0.3, 0.4) is 0 Å². The highest BCUT2D eigenvalue weighted by molar-refractivity contribution is 6.03. The van der Waals surface area contributed by atoms with Crippen LogP contribution in [0.15, 0.2) is 11.3 Å². The molecule has 0 heterocycles. The summed E-state index contributed by atoms with van der Waals surface area (Å²) in [6, 6.07) is 0. The fourth-order valence-corrected chi connectivity index (χ4v) is 4.31. The summed E-state index contributed by atoms with van der Waals surface area (Å²) in [6.45, 7) is 6.33. The summed E-state index contributed by atoms with van der Waals surface area (Å²) in [7, 11) is 0. The Hall–Kier alpha value is -0.830. The Morgan fingerprint density at radius 2 is 2.00 bits per heavy atom. The molecule has 0 unspecified atom stereocenters. The van der Waals surface area contributed by atoms with Crippen molar-refractivity contribution in [1.29, 1.82) is 0 Å². The molecule has 3 aliphatic rings. The molecule has 0 aliphatic heterocycles. The fraction of sp³-hybridized carbons (Fsp3) is 0.786. The van der Waals surface area contributed by atoms with E-state index in [1.165, 1.54) is 0 Å². The van der Waals surface area contributed by atoms with Crippen molar-refractivity contribution in [1.82, 2.24) is 0 Å². The van der Waals surface area contributed by atoms with Gasteiger partial charge in [0.2, 0.25) is 5.78 Å². The van der Waals surface area contributed by atoms with Crippen LogP contribution in [-0.2, 0) is 4.79 Å². The zero-order valence-electron chi connectivity index (χ0n) is 10.7. The van der Waals surface area contributed by atoms with E-state index in [9.17, 15) is 15.0 Å². The molecule has 2 N–H and O–H groups in total. The first kappa shape index (κ1) is 11.3. The minimum atomic E-state index is -0.675. The Morgan fingerprint density at radius 3 is 2.59 bits per heavy atom. The van der Waals surface area contributed by atoms with Crippen molar-refractivity contribution in [3.05, 3.63) is 11.3 Å². The van der Waals surface area contributed by atoms with Crippen molar-refractivity contribution in [2.75, 3.05) is 6.61 Å². The van der Waals surface area contributed by atoms with E-state index in [1.807, 2.05) is 0 Å². The number of hydrogen-bond acceptors (Lipinski definition) is 3. The van der Waals surface area contributed by atoms with Crippen molar-refractivity contribution in [2.45, 2.75) is 40.0 Å². The summed E-state index contributed by atoms with van der Waals surface area (Å²) >= 11 is 0. The molecular weight excluding hydrogens is 216 g/mol. The third-order valence-corrected chi connectivity index (χ3v) is 5.48. The van der Waals surface area contributed by atoms with E-state index in [4.69, 9.17) is 0 Å². The van der Waals surface area contributed by atoms with Gasteiger partial charge in [0.15, 0.2) is 5.76 Å².